The topological polar surface area (TPSA) is 37.3 Å². The molecule has 2 atom stereocenters. The van der Waals surface area contributed by atoms with Crippen molar-refractivity contribution in [3.63, 3.8) is 0 Å². The van der Waals surface area contributed by atoms with E-state index in [0.717, 1.165) is 0 Å². The molecule has 0 aliphatic rings. The first-order chi connectivity index (χ1) is 3.18. The molecule has 0 spiro atoms. The van der Waals surface area contributed by atoms with E-state index in [4.69, 9.17) is 5.11 Å². The molecule has 7 heavy (non-hydrogen) atoms. The molecule has 0 aliphatic heterocycles. The number of rotatable bonds is 2. The van der Waals surface area contributed by atoms with Crippen LogP contribution in [0.2, 0.25) is 0 Å². The Hall–Kier alpha value is -0.360. The zero-order valence-corrected chi connectivity index (χ0v) is 4.95. The number of hydrogen-bond acceptors (Lipinski definition) is 1. The maximum Gasteiger partial charge on any atom is 0.314 e. The predicted octanol–water partition coefficient (Wildman–Crippen LogP) is 0.501. The molecule has 0 fully saturated rings. The van der Waals surface area contributed by atoms with Crippen LogP contribution in [0, 0.1) is 0 Å². The monoisotopic (exact) mass is 118 g/mol. The lowest BCUT2D eigenvalue weighted by Gasteiger charge is -1.92. The average molecular weight is 118 g/mol. The van der Waals surface area contributed by atoms with E-state index >= 15 is 0 Å². The van der Waals surface area contributed by atoms with Gasteiger partial charge in [0, 0.05) is 0 Å². The molecule has 0 saturated carbocycles. The van der Waals surface area contributed by atoms with E-state index in [2.05, 4.69) is 15.8 Å². The summed E-state index contributed by atoms with van der Waals surface area (Å²) >= 11 is 0. The highest BCUT2D eigenvalue weighted by molar-refractivity contribution is 7.19. The van der Waals surface area contributed by atoms with Crippen LogP contribution in [0.15, 0.2) is 12.7 Å². The molecule has 0 rings (SSSR count). The van der Waals surface area contributed by atoms with Gasteiger partial charge in [-0.05, 0) is 0 Å². The van der Waals surface area contributed by atoms with Crippen LogP contribution in [0.3, 0.4) is 0 Å². The highest BCUT2D eigenvalue weighted by Gasteiger charge is 2.02. The van der Waals surface area contributed by atoms with Gasteiger partial charge < -0.3 is 5.11 Å². The summed E-state index contributed by atoms with van der Waals surface area (Å²) in [5, 5.41) is 8.09. The van der Waals surface area contributed by atoms with E-state index in [1.54, 1.807) is 0 Å². The summed E-state index contributed by atoms with van der Waals surface area (Å²) in [5.74, 6) is -0.861. The molecule has 2 nitrogen and oxygen atoms in total. The molecule has 2 unspecified atom stereocenters. The van der Waals surface area contributed by atoms with Gasteiger partial charge in [0.2, 0.25) is 0 Å². The van der Waals surface area contributed by atoms with Crippen LogP contribution >= 0.6 is 9.24 Å². The number of carboxylic acids is 1. The molecule has 40 valence electrons. The molecule has 1 N–H and O–H groups in total. The highest BCUT2D eigenvalue weighted by Crippen LogP contribution is 1.98. The maximum atomic E-state index is 9.84. The normalized spacial score (nSPS) is 12.7. The summed E-state index contributed by atoms with van der Waals surface area (Å²) in [6.07, 6.45) is 1.35. The molecule has 0 aliphatic carbocycles. The SMILES string of the molecule is C=CC(P)C(=O)O. The minimum absolute atomic E-state index is 0.500. The first-order valence-electron chi connectivity index (χ1n) is 1.79. The van der Waals surface area contributed by atoms with Crippen molar-refractivity contribution in [1.29, 1.82) is 0 Å². The van der Waals surface area contributed by atoms with E-state index in [1.165, 1.54) is 6.08 Å². The number of carbonyl (C=O) groups is 1. The predicted molar refractivity (Wildman–Crippen MR) is 31.3 cm³/mol. The van der Waals surface area contributed by atoms with Gasteiger partial charge in [0.05, 0.1) is 5.66 Å². The second-order valence-corrected chi connectivity index (χ2v) is 1.82. The Morgan fingerprint density at radius 1 is 2.00 bits per heavy atom. The molecule has 0 radical (unpaired) electrons. The van der Waals surface area contributed by atoms with Crippen molar-refractivity contribution in [1.82, 2.24) is 0 Å². The molecule has 0 amide bonds. The van der Waals surface area contributed by atoms with E-state index in [1.807, 2.05) is 0 Å². The van der Waals surface area contributed by atoms with Crippen LogP contribution in [0.5, 0.6) is 0 Å². The van der Waals surface area contributed by atoms with E-state index in [9.17, 15) is 4.79 Å². The van der Waals surface area contributed by atoms with E-state index in [-0.39, 0.29) is 0 Å². The Balaban J connectivity index is 3.55. The summed E-state index contributed by atoms with van der Waals surface area (Å²) in [6, 6.07) is 0. The van der Waals surface area contributed by atoms with Crippen molar-refractivity contribution >= 4 is 15.2 Å². The minimum atomic E-state index is -0.861. The van der Waals surface area contributed by atoms with Gasteiger partial charge in [-0.2, -0.15) is 0 Å². The van der Waals surface area contributed by atoms with Gasteiger partial charge in [-0.15, -0.1) is 15.8 Å². The zero-order chi connectivity index (χ0) is 5.86. The van der Waals surface area contributed by atoms with Crippen LogP contribution in [-0.2, 0) is 4.79 Å². The third-order valence-electron chi connectivity index (χ3n) is 0.539. The lowest BCUT2D eigenvalue weighted by Crippen LogP contribution is -2.07. The third-order valence-corrected chi connectivity index (χ3v) is 1.10. The van der Waals surface area contributed by atoms with Gasteiger partial charge in [-0.1, -0.05) is 6.08 Å². The molecule has 3 heteroatoms. The fraction of sp³-hybridized carbons (Fsp3) is 0.250. The first-order valence-corrected chi connectivity index (χ1v) is 2.46. The van der Waals surface area contributed by atoms with Crippen LogP contribution in [0.1, 0.15) is 0 Å². The summed E-state index contributed by atoms with van der Waals surface area (Å²) in [6.45, 7) is 3.28. The van der Waals surface area contributed by atoms with Gasteiger partial charge in [0.1, 0.15) is 0 Å². The van der Waals surface area contributed by atoms with Gasteiger partial charge in [-0.3, -0.25) is 4.79 Å². The summed E-state index contributed by atoms with van der Waals surface area (Å²) in [7, 11) is 2.13. The average Bonchev–Trinajstić information content (AvgIpc) is 1.65. The van der Waals surface area contributed by atoms with Crippen molar-refractivity contribution in [3.8, 4) is 0 Å². The van der Waals surface area contributed by atoms with E-state index in [0.29, 0.717) is 0 Å². The second-order valence-electron chi connectivity index (χ2n) is 1.10. The number of aliphatic carboxylic acids is 1. The largest absolute Gasteiger partial charge is 0.481 e. The van der Waals surface area contributed by atoms with Crippen LogP contribution < -0.4 is 0 Å². The molecule has 0 aromatic rings. The highest BCUT2D eigenvalue weighted by atomic mass is 31.0. The van der Waals surface area contributed by atoms with Crippen molar-refractivity contribution in [2.45, 2.75) is 5.66 Å². The Kier molecular flexibility index (Phi) is 2.61. The zero-order valence-electron chi connectivity index (χ0n) is 3.79. The smallest absolute Gasteiger partial charge is 0.314 e. The molecular formula is C4H7O2P. The van der Waals surface area contributed by atoms with Crippen LogP contribution in [0.4, 0.5) is 0 Å². The molecule has 0 saturated heterocycles. The van der Waals surface area contributed by atoms with Crippen LogP contribution in [0.25, 0.3) is 0 Å². The third kappa shape index (κ3) is 2.35. The number of carboxylic acid groups (broad SMARTS) is 1. The molecule has 0 bridgehead atoms. The van der Waals surface area contributed by atoms with Gasteiger partial charge >= 0.3 is 5.97 Å². The standard InChI is InChI=1S/C4H7O2P/c1-2-3(7)4(5)6/h2-3H,1,7H2,(H,5,6). The molecule has 0 aromatic carbocycles. The second kappa shape index (κ2) is 2.75. The number of hydrogen-bond donors (Lipinski definition) is 1. The first kappa shape index (κ1) is 6.64. The van der Waals surface area contributed by atoms with Gasteiger partial charge in [0.25, 0.3) is 0 Å². The van der Waals surface area contributed by atoms with Crippen molar-refractivity contribution < 1.29 is 9.90 Å². The molecular weight excluding hydrogens is 111 g/mol. The minimum Gasteiger partial charge on any atom is -0.481 e. The lowest BCUT2D eigenvalue weighted by atomic mass is 10.4. The summed E-state index contributed by atoms with van der Waals surface area (Å²) in [5.41, 5.74) is -0.500. The van der Waals surface area contributed by atoms with Crippen molar-refractivity contribution in [2.75, 3.05) is 0 Å². The Bertz CT molecular complexity index is 89.7. The Morgan fingerprint density at radius 2 is 2.43 bits per heavy atom. The fourth-order valence-corrected chi connectivity index (χ4v) is 0.101. The Morgan fingerprint density at radius 3 is 2.43 bits per heavy atom. The molecule has 0 aromatic heterocycles. The fourth-order valence-electron chi connectivity index (χ4n) is 0.101. The summed E-state index contributed by atoms with van der Waals surface area (Å²) < 4.78 is 0. The summed E-state index contributed by atoms with van der Waals surface area (Å²) in [4.78, 5) is 9.84. The van der Waals surface area contributed by atoms with Crippen molar-refractivity contribution in [3.05, 3.63) is 12.7 Å². The van der Waals surface area contributed by atoms with Gasteiger partial charge in [-0.25, -0.2) is 0 Å². The molecule has 0 heterocycles. The van der Waals surface area contributed by atoms with E-state index < -0.39 is 11.6 Å². The van der Waals surface area contributed by atoms with Crippen LogP contribution in [-0.4, -0.2) is 16.7 Å². The van der Waals surface area contributed by atoms with Crippen molar-refractivity contribution in [2.24, 2.45) is 0 Å². The quantitative estimate of drug-likeness (QED) is 0.423. The maximum absolute atomic E-state index is 9.84. The Labute approximate surface area is 44.4 Å². The lowest BCUT2D eigenvalue weighted by molar-refractivity contribution is -0.135. The van der Waals surface area contributed by atoms with Gasteiger partial charge in [0.15, 0.2) is 0 Å².